The Morgan fingerprint density at radius 3 is 2.89 bits per heavy atom. The van der Waals surface area contributed by atoms with Crippen LogP contribution in [0.15, 0.2) is 30.0 Å². The Hall–Kier alpha value is -2.11. The molecule has 0 radical (unpaired) electrons. The summed E-state index contributed by atoms with van der Waals surface area (Å²) in [5.41, 5.74) is 6.52. The highest BCUT2D eigenvalue weighted by molar-refractivity contribution is 5.95. The molecular formula is C22H28N2O3. The van der Waals surface area contributed by atoms with Crippen molar-refractivity contribution in [3.63, 3.8) is 0 Å². The lowest BCUT2D eigenvalue weighted by Crippen LogP contribution is -2.30. The zero-order valence-electron chi connectivity index (χ0n) is 16.1. The van der Waals surface area contributed by atoms with Crippen LogP contribution < -0.4 is 5.32 Å². The third-order valence-electron chi connectivity index (χ3n) is 5.78. The predicted molar refractivity (Wildman–Crippen MR) is 106 cm³/mol. The molecule has 0 spiro atoms. The number of anilines is 1. The third kappa shape index (κ3) is 3.80. The number of nitrogens with zero attached hydrogens (tertiary/aromatic N) is 1. The van der Waals surface area contributed by atoms with Crippen LogP contribution in [0.5, 0.6) is 0 Å². The molecule has 1 aromatic carbocycles. The first-order valence-corrected chi connectivity index (χ1v) is 9.89. The summed E-state index contributed by atoms with van der Waals surface area (Å²) in [4.78, 5) is 13.7. The van der Waals surface area contributed by atoms with E-state index in [0.29, 0.717) is 6.42 Å². The number of nitrogens with one attached hydrogen (secondary N) is 1. The molecule has 0 saturated carbocycles. The monoisotopic (exact) mass is 368 g/mol. The number of allylic oxidation sites excluding steroid dienone is 2. The van der Waals surface area contributed by atoms with E-state index in [1.807, 2.05) is 25.1 Å². The molecule has 5 nitrogen and oxygen atoms in total. The van der Waals surface area contributed by atoms with Crippen molar-refractivity contribution in [2.24, 2.45) is 0 Å². The highest BCUT2D eigenvalue weighted by Crippen LogP contribution is 2.34. The van der Waals surface area contributed by atoms with Crippen LogP contribution in [0.3, 0.4) is 0 Å². The number of carbonyl (C=O) groups excluding carboxylic acids is 1. The molecule has 2 unspecified atom stereocenters. The van der Waals surface area contributed by atoms with Gasteiger partial charge in [0.1, 0.15) is 6.23 Å². The Morgan fingerprint density at radius 1 is 1.30 bits per heavy atom. The Labute approximate surface area is 160 Å². The number of hydrogen-bond donors (Lipinski definition) is 2. The molecule has 1 amide bonds. The summed E-state index contributed by atoms with van der Waals surface area (Å²) in [6, 6.07) is 4.35. The number of rotatable bonds is 3. The van der Waals surface area contributed by atoms with E-state index in [9.17, 15) is 9.90 Å². The number of hydrogen-bond acceptors (Lipinski definition) is 4. The maximum atomic E-state index is 11.8. The molecule has 0 bridgehead atoms. The van der Waals surface area contributed by atoms with Crippen molar-refractivity contribution in [2.75, 3.05) is 19.0 Å². The second kappa shape index (κ2) is 7.49. The number of fused-ring (bicyclic) bond motifs is 1. The first kappa shape index (κ1) is 18.3. The van der Waals surface area contributed by atoms with Gasteiger partial charge in [-0.3, -0.25) is 4.79 Å². The highest BCUT2D eigenvalue weighted by atomic mass is 16.5. The van der Waals surface area contributed by atoms with E-state index < -0.39 is 6.23 Å². The van der Waals surface area contributed by atoms with Crippen LogP contribution in [0.4, 0.5) is 5.69 Å². The van der Waals surface area contributed by atoms with Crippen molar-refractivity contribution in [1.29, 1.82) is 0 Å². The molecule has 3 aliphatic heterocycles. The van der Waals surface area contributed by atoms with E-state index >= 15 is 0 Å². The molecule has 5 heteroatoms. The number of aryl methyl sites for hydroxylation is 1. The van der Waals surface area contributed by atoms with Crippen LogP contribution in [0.25, 0.3) is 5.57 Å². The van der Waals surface area contributed by atoms with Gasteiger partial charge in [-0.25, -0.2) is 0 Å². The zero-order valence-corrected chi connectivity index (χ0v) is 16.1. The number of benzene rings is 1. The molecule has 0 aromatic heterocycles. The molecule has 1 aromatic rings. The van der Waals surface area contributed by atoms with Gasteiger partial charge in [0, 0.05) is 32.0 Å². The second-order valence-electron chi connectivity index (χ2n) is 7.92. The molecule has 4 rings (SSSR count). The fourth-order valence-corrected chi connectivity index (χ4v) is 4.24. The van der Waals surface area contributed by atoms with E-state index in [1.54, 1.807) is 0 Å². The molecule has 3 heterocycles. The minimum atomic E-state index is -0.573. The molecule has 144 valence electrons. The second-order valence-corrected chi connectivity index (χ2v) is 7.92. The van der Waals surface area contributed by atoms with Crippen molar-refractivity contribution in [3.8, 4) is 0 Å². The van der Waals surface area contributed by atoms with E-state index in [0.717, 1.165) is 49.1 Å². The van der Waals surface area contributed by atoms with E-state index in [-0.39, 0.29) is 12.0 Å². The molecule has 1 saturated heterocycles. The summed E-state index contributed by atoms with van der Waals surface area (Å²) < 4.78 is 5.98. The van der Waals surface area contributed by atoms with Crippen molar-refractivity contribution >= 4 is 17.2 Å². The highest BCUT2D eigenvalue weighted by Gasteiger charge is 2.24. The van der Waals surface area contributed by atoms with Crippen LogP contribution in [0.2, 0.25) is 0 Å². The largest absolute Gasteiger partial charge is 0.378 e. The van der Waals surface area contributed by atoms with Crippen molar-refractivity contribution in [2.45, 2.75) is 57.8 Å². The van der Waals surface area contributed by atoms with Gasteiger partial charge in [-0.1, -0.05) is 0 Å². The minimum Gasteiger partial charge on any atom is -0.378 e. The maximum Gasteiger partial charge on any atom is 0.224 e. The SMILES string of the molecule is CC1=CC(c2cc3c(cc2CC2CCCCO2)NC(=O)CC3)=CN(C)C1O. The van der Waals surface area contributed by atoms with Crippen LogP contribution >= 0.6 is 0 Å². The summed E-state index contributed by atoms with van der Waals surface area (Å²) in [6.07, 6.45) is 9.29. The van der Waals surface area contributed by atoms with Crippen molar-refractivity contribution in [3.05, 3.63) is 46.7 Å². The Kier molecular flexibility index (Phi) is 5.06. The number of ether oxygens (including phenoxy) is 1. The smallest absolute Gasteiger partial charge is 0.224 e. The average molecular weight is 368 g/mol. The fraction of sp³-hybridized carbons (Fsp3) is 0.500. The molecule has 1 fully saturated rings. The summed E-state index contributed by atoms with van der Waals surface area (Å²) in [5, 5.41) is 13.2. The normalized spacial score (nSPS) is 25.4. The predicted octanol–water partition coefficient (Wildman–Crippen LogP) is 3.23. The van der Waals surface area contributed by atoms with Gasteiger partial charge in [-0.2, -0.15) is 0 Å². The van der Waals surface area contributed by atoms with Crippen LogP contribution in [-0.4, -0.2) is 41.9 Å². The van der Waals surface area contributed by atoms with Crippen LogP contribution in [0.1, 0.15) is 49.3 Å². The lowest BCUT2D eigenvalue weighted by Gasteiger charge is -2.30. The Morgan fingerprint density at radius 2 is 2.15 bits per heavy atom. The van der Waals surface area contributed by atoms with Gasteiger partial charge in [0.05, 0.1) is 6.10 Å². The molecule has 0 aliphatic carbocycles. The van der Waals surface area contributed by atoms with Gasteiger partial charge in [0.25, 0.3) is 0 Å². The number of aliphatic hydroxyl groups is 1. The van der Waals surface area contributed by atoms with Gasteiger partial charge in [0.15, 0.2) is 0 Å². The van der Waals surface area contributed by atoms with Crippen molar-refractivity contribution in [1.82, 2.24) is 4.90 Å². The van der Waals surface area contributed by atoms with Crippen molar-refractivity contribution < 1.29 is 14.6 Å². The molecular weight excluding hydrogens is 340 g/mol. The molecule has 27 heavy (non-hydrogen) atoms. The molecule has 3 aliphatic rings. The Balaban J connectivity index is 1.74. The first-order valence-electron chi connectivity index (χ1n) is 9.89. The van der Waals surface area contributed by atoms with Gasteiger partial charge >= 0.3 is 0 Å². The number of aliphatic hydroxyl groups excluding tert-OH is 1. The number of carbonyl (C=O) groups is 1. The Bertz CT molecular complexity index is 806. The van der Waals surface area contributed by atoms with Crippen LogP contribution in [0, 0.1) is 0 Å². The molecule has 2 N–H and O–H groups in total. The average Bonchev–Trinajstić information content (AvgIpc) is 2.66. The number of amides is 1. The van der Waals surface area contributed by atoms with E-state index in [4.69, 9.17) is 4.74 Å². The van der Waals surface area contributed by atoms with Crippen LogP contribution in [-0.2, 0) is 22.4 Å². The van der Waals surface area contributed by atoms with Gasteiger partial charge < -0.3 is 20.1 Å². The van der Waals surface area contributed by atoms with Gasteiger partial charge in [-0.15, -0.1) is 0 Å². The fourth-order valence-electron chi connectivity index (χ4n) is 4.24. The topological polar surface area (TPSA) is 61.8 Å². The third-order valence-corrected chi connectivity index (χ3v) is 5.78. The minimum absolute atomic E-state index is 0.0885. The summed E-state index contributed by atoms with van der Waals surface area (Å²) in [5.74, 6) is 0.0885. The van der Waals surface area contributed by atoms with E-state index in [1.165, 1.54) is 23.1 Å². The van der Waals surface area contributed by atoms with Gasteiger partial charge in [0.2, 0.25) is 5.91 Å². The number of likely N-dealkylation sites (N-methyl/N-ethyl adjacent to an activating group) is 1. The quantitative estimate of drug-likeness (QED) is 0.860. The lowest BCUT2D eigenvalue weighted by molar-refractivity contribution is -0.116. The summed E-state index contributed by atoms with van der Waals surface area (Å²) >= 11 is 0. The van der Waals surface area contributed by atoms with E-state index in [2.05, 4.69) is 23.5 Å². The maximum absolute atomic E-state index is 11.8. The zero-order chi connectivity index (χ0) is 19.0. The molecule has 2 atom stereocenters. The standard InChI is InChI=1S/C22H28N2O3/c1-14-9-17(13-24(2)22(14)26)19-11-15-6-7-21(25)23-20(15)12-16(19)10-18-5-3-4-8-27-18/h9,11-13,18,22,26H,3-8,10H2,1-2H3,(H,23,25). The lowest BCUT2D eigenvalue weighted by atomic mass is 9.88. The van der Waals surface area contributed by atoms with Gasteiger partial charge in [-0.05, 0) is 85.1 Å². The first-order chi connectivity index (χ1) is 13.0. The summed E-state index contributed by atoms with van der Waals surface area (Å²) in [6.45, 7) is 2.79. The summed E-state index contributed by atoms with van der Waals surface area (Å²) in [7, 11) is 1.89.